The van der Waals surface area contributed by atoms with Gasteiger partial charge in [0.25, 0.3) is 0 Å². The Morgan fingerprint density at radius 2 is 1.90 bits per heavy atom. The summed E-state index contributed by atoms with van der Waals surface area (Å²) in [7, 11) is 0. The lowest BCUT2D eigenvalue weighted by atomic mass is 10.1. The molecular formula is C13H18F3NO2S. The maximum Gasteiger partial charge on any atom is 0.387 e. The smallest absolute Gasteiger partial charge is 0.387 e. The van der Waals surface area contributed by atoms with E-state index in [0.29, 0.717) is 0 Å². The molecule has 7 heteroatoms. The van der Waals surface area contributed by atoms with Gasteiger partial charge in [0.15, 0.2) is 11.6 Å². The number of ether oxygens (including phenoxy) is 1. The van der Waals surface area contributed by atoms with Crippen LogP contribution < -0.4 is 9.46 Å². The quantitative estimate of drug-likeness (QED) is 0.846. The van der Waals surface area contributed by atoms with Crippen LogP contribution in [0.3, 0.4) is 0 Å². The molecule has 2 atom stereocenters. The van der Waals surface area contributed by atoms with Gasteiger partial charge in [-0.2, -0.15) is 8.78 Å². The lowest BCUT2D eigenvalue weighted by Gasteiger charge is -2.26. The van der Waals surface area contributed by atoms with E-state index in [2.05, 4.69) is 9.46 Å². The molecule has 3 nitrogen and oxygen atoms in total. The summed E-state index contributed by atoms with van der Waals surface area (Å²) in [5.41, 5.74) is 0.126. The zero-order chi connectivity index (χ0) is 15.5. The molecule has 0 saturated heterocycles. The first-order valence-electron chi connectivity index (χ1n) is 6.04. The zero-order valence-corrected chi connectivity index (χ0v) is 12.6. The van der Waals surface area contributed by atoms with E-state index in [4.69, 9.17) is 0 Å². The normalized spacial score (nSPS) is 15.2. The van der Waals surface area contributed by atoms with E-state index < -0.39 is 40.3 Å². The Kier molecular flexibility index (Phi) is 5.73. The van der Waals surface area contributed by atoms with Gasteiger partial charge in [0.05, 0.1) is 6.04 Å². The molecule has 0 aliphatic rings. The van der Waals surface area contributed by atoms with Gasteiger partial charge in [-0.25, -0.2) is 4.39 Å². The molecule has 0 radical (unpaired) electrons. The molecule has 1 aromatic rings. The second-order valence-corrected chi connectivity index (χ2v) is 7.26. The van der Waals surface area contributed by atoms with Gasteiger partial charge < -0.3 is 9.29 Å². The van der Waals surface area contributed by atoms with Gasteiger partial charge in [-0.1, -0.05) is 12.1 Å². The molecule has 0 aliphatic heterocycles. The maximum atomic E-state index is 14.0. The van der Waals surface area contributed by atoms with E-state index in [1.807, 2.05) is 0 Å². The average Bonchev–Trinajstić information content (AvgIpc) is 2.29. The Labute approximate surface area is 119 Å². The first-order chi connectivity index (χ1) is 9.12. The van der Waals surface area contributed by atoms with Crippen LogP contribution in [0.1, 0.15) is 39.3 Å². The third-order valence-electron chi connectivity index (χ3n) is 2.52. The average molecular weight is 309 g/mol. The van der Waals surface area contributed by atoms with Crippen molar-refractivity contribution in [3.8, 4) is 5.75 Å². The summed E-state index contributed by atoms with van der Waals surface area (Å²) in [4.78, 5) is 0. The van der Waals surface area contributed by atoms with E-state index >= 15 is 0 Å². The van der Waals surface area contributed by atoms with E-state index in [0.717, 1.165) is 6.07 Å². The predicted octanol–water partition coefficient (Wildman–Crippen LogP) is 3.54. The lowest BCUT2D eigenvalue weighted by molar-refractivity contribution is -0.0523. The molecule has 1 aromatic carbocycles. The van der Waals surface area contributed by atoms with Gasteiger partial charge in [-0.3, -0.25) is 0 Å². The summed E-state index contributed by atoms with van der Waals surface area (Å²) in [6.07, 6.45) is 0. The Bertz CT molecular complexity index is 452. The number of nitrogens with one attached hydrogen (secondary N) is 1. The van der Waals surface area contributed by atoms with Crippen LogP contribution in [0.2, 0.25) is 0 Å². The molecule has 0 saturated carbocycles. The van der Waals surface area contributed by atoms with E-state index in [1.165, 1.54) is 12.1 Å². The lowest BCUT2D eigenvalue weighted by Crippen LogP contribution is -2.40. The van der Waals surface area contributed by atoms with Crippen LogP contribution in [0.25, 0.3) is 0 Å². The number of rotatable bonds is 5. The highest BCUT2D eigenvalue weighted by molar-refractivity contribution is 7.90. The highest BCUT2D eigenvalue weighted by Gasteiger charge is 2.29. The van der Waals surface area contributed by atoms with E-state index in [-0.39, 0.29) is 5.56 Å². The topological polar surface area (TPSA) is 44.3 Å². The van der Waals surface area contributed by atoms with Crippen LogP contribution >= 0.6 is 0 Å². The van der Waals surface area contributed by atoms with Crippen molar-refractivity contribution in [2.24, 2.45) is 0 Å². The molecule has 0 heterocycles. The van der Waals surface area contributed by atoms with Crippen molar-refractivity contribution in [3.63, 3.8) is 0 Å². The Hall–Kier alpha value is -0.920. The molecule has 0 fully saturated rings. The fraction of sp³-hybridized carbons (Fsp3) is 0.538. The number of hydrogen-bond donors (Lipinski definition) is 1. The highest BCUT2D eigenvalue weighted by Crippen LogP contribution is 2.27. The largest absolute Gasteiger partial charge is 0.598 e. The second-order valence-electron chi connectivity index (χ2n) is 5.26. The maximum absolute atomic E-state index is 14.0. The van der Waals surface area contributed by atoms with Crippen LogP contribution in [-0.2, 0) is 11.4 Å². The van der Waals surface area contributed by atoms with Gasteiger partial charge in [0, 0.05) is 16.9 Å². The van der Waals surface area contributed by atoms with E-state index in [9.17, 15) is 17.7 Å². The minimum absolute atomic E-state index is 0.126. The number of hydrogen-bond acceptors (Lipinski definition) is 3. The summed E-state index contributed by atoms with van der Waals surface area (Å²) >= 11 is -1.40. The third-order valence-corrected chi connectivity index (χ3v) is 4.20. The van der Waals surface area contributed by atoms with Crippen LogP contribution in [0.15, 0.2) is 18.2 Å². The summed E-state index contributed by atoms with van der Waals surface area (Å²) < 4.78 is 56.6. The fourth-order valence-corrected chi connectivity index (χ4v) is 2.25. The fourth-order valence-electron chi connectivity index (χ4n) is 1.45. The third kappa shape index (κ3) is 4.57. The highest BCUT2D eigenvalue weighted by atomic mass is 32.2. The van der Waals surface area contributed by atoms with Gasteiger partial charge in [0.2, 0.25) is 0 Å². The van der Waals surface area contributed by atoms with Crippen molar-refractivity contribution in [2.75, 3.05) is 0 Å². The zero-order valence-electron chi connectivity index (χ0n) is 11.7. The SMILES string of the molecule is CC(N[S@@+]([O-])C(C)(C)C)c1cccc(OC(F)F)c1F. The minimum Gasteiger partial charge on any atom is -0.598 e. The molecule has 1 unspecified atom stereocenters. The molecule has 1 N–H and O–H groups in total. The standard InChI is InChI=1S/C13H18F3NO2S/c1-8(17-20(18)13(2,3)4)9-6-5-7-10(11(9)14)19-12(15)16/h5-8,12,17H,1-4H3/t8?,20-/m0/s1. The van der Waals surface area contributed by atoms with Crippen molar-refractivity contribution in [3.05, 3.63) is 29.6 Å². The molecule has 0 aliphatic carbocycles. The molecule has 1 rings (SSSR count). The van der Waals surface area contributed by atoms with Crippen LogP contribution in [0.4, 0.5) is 13.2 Å². The minimum atomic E-state index is -3.09. The molecule has 0 amide bonds. The molecule has 0 bridgehead atoms. The van der Waals surface area contributed by atoms with Crippen LogP contribution in [0.5, 0.6) is 5.75 Å². The second kappa shape index (κ2) is 6.69. The Balaban J connectivity index is 2.91. The van der Waals surface area contributed by atoms with Gasteiger partial charge in [-0.15, -0.1) is 4.72 Å². The number of halogens is 3. The van der Waals surface area contributed by atoms with Crippen LogP contribution in [-0.4, -0.2) is 15.9 Å². The van der Waals surface area contributed by atoms with Crippen molar-refractivity contribution in [1.29, 1.82) is 0 Å². The monoisotopic (exact) mass is 309 g/mol. The van der Waals surface area contributed by atoms with Crippen molar-refractivity contribution >= 4 is 11.4 Å². The van der Waals surface area contributed by atoms with Crippen molar-refractivity contribution < 1.29 is 22.5 Å². The predicted molar refractivity (Wildman–Crippen MR) is 72.5 cm³/mol. The first kappa shape index (κ1) is 17.1. The Morgan fingerprint density at radius 3 is 2.40 bits per heavy atom. The number of benzene rings is 1. The summed E-state index contributed by atoms with van der Waals surface area (Å²) in [5.74, 6) is -1.40. The molecule has 0 aromatic heterocycles. The summed E-state index contributed by atoms with van der Waals surface area (Å²) in [5, 5.41) is 0. The van der Waals surface area contributed by atoms with E-state index in [1.54, 1.807) is 27.7 Å². The van der Waals surface area contributed by atoms with Gasteiger partial charge in [0.1, 0.15) is 4.75 Å². The molecule has 0 spiro atoms. The van der Waals surface area contributed by atoms with Crippen LogP contribution in [0, 0.1) is 5.82 Å². The van der Waals surface area contributed by atoms with Gasteiger partial charge in [-0.05, 0) is 33.8 Å². The number of alkyl halides is 2. The molecular weight excluding hydrogens is 291 g/mol. The van der Waals surface area contributed by atoms with Crippen molar-refractivity contribution in [1.82, 2.24) is 4.72 Å². The van der Waals surface area contributed by atoms with Crippen molar-refractivity contribution in [2.45, 2.75) is 45.1 Å². The molecule has 20 heavy (non-hydrogen) atoms. The summed E-state index contributed by atoms with van der Waals surface area (Å²) in [6, 6.07) is 3.37. The summed E-state index contributed by atoms with van der Waals surface area (Å²) in [6.45, 7) is 3.83. The first-order valence-corrected chi connectivity index (χ1v) is 7.19. The van der Waals surface area contributed by atoms with Gasteiger partial charge >= 0.3 is 6.61 Å². The Morgan fingerprint density at radius 1 is 1.30 bits per heavy atom. The molecule has 114 valence electrons.